The third kappa shape index (κ3) is 5.19. The molecule has 0 aromatic heterocycles. The summed E-state index contributed by atoms with van der Waals surface area (Å²) in [6, 6.07) is 5.70. The van der Waals surface area contributed by atoms with Gasteiger partial charge in [0, 0.05) is 12.6 Å². The number of halogens is 1. The molecule has 0 aliphatic heterocycles. The van der Waals surface area contributed by atoms with Crippen molar-refractivity contribution >= 4 is 23.2 Å². The van der Waals surface area contributed by atoms with Crippen LogP contribution in [0.2, 0.25) is 5.02 Å². The van der Waals surface area contributed by atoms with E-state index in [9.17, 15) is 4.79 Å². The zero-order valence-corrected chi connectivity index (χ0v) is 12.4. The maximum absolute atomic E-state index is 11.9. The van der Waals surface area contributed by atoms with Gasteiger partial charge in [0.05, 0.1) is 23.9 Å². The van der Waals surface area contributed by atoms with Gasteiger partial charge in [-0.1, -0.05) is 17.7 Å². The monoisotopic (exact) mass is 284 g/mol. The van der Waals surface area contributed by atoms with Crippen LogP contribution in [0.5, 0.6) is 0 Å². The molecule has 0 saturated heterocycles. The van der Waals surface area contributed by atoms with Crippen LogP contribution in [0, 0.1) is 6.92 Å². The number of nitrogens with one attached hydrogen (secondary N) is 1. The summed E-state index contributed by atoms with van der Waals surface area (Å²) < 4.78 is 0. The van der Waals surface area contributed by atoms with Gasteiger partial charge in [-0.15, -0.1) is 0 Å². The Morgan fingerprint density at radius 2 is 2.16 bits per heavy atom. The van der Waals surface area contributed by atoms with E-state index in [4.69, 9.17) is 16.7 Å². The number of carbonyl (C=O) groups excluding carboxylic acids is 1. The highest BCUT2D eigenvalue weighted by Crippen LogP contribution is 2.22. The Bertz CT molecular complexity index is 435. The summed E-state index contributed by atoms with van der Waals surface area (Å²) in [5.41, 5.74) is 1.66. The zero-order valence-electron chi connectivity index (χ0n) is 11.6. The predicted octanol–water partition coefficient (Wildman–Crippen LogP) is 2.29. The van der Waals surface area contributed by atoms with E-state index in [1.54, 1.807) is 6.07 Å². The number of carbonyl (C=O) groups is 1. The van der Waals surface area contributed by atoms with Gasteiger partial charge in [-0.25, -0.2) is 0 Å². The van der Waals surface area contributed by atoms with Crippen LogP contribution in [-0.2, 0) is 4.79 Å². The van der Waals surface area contributed by atoms with E-state index in [0.717, 1.165) is 5.56 Å². The van der Waals surface area contributed by atoms with E-state index >= 15 is 0 Å². The van der Waals surface area contributed by atoms with Gasteiger partial charge >= 0.3 is 0 Å². The average molecular weight is 285 g/mol. The topological polar surface area (TPSA) is 52.6 Å². The van der Waals surface area contributed by atoms with E-state index in [2.05, 4.69) is 5.32 Å². The van der Waals surface area contributed by atoms with Gasteiger partial charge < -0.3 is 10.4 Å². The van der Waals surface area contributed by atoms with Gasteiger partial charge in [-0.3, -0.25) is 9.69 Å². The van der Waals surface area contributed by atoms with Crippen LogP contribution in [0.25, 0.3) is 0 Å². The fraction of sp³-hybridized carbons (Fsp3) is 0.500. The third-order valence-corrected chi connectivity index (χ3v) is 3.18. The summed E-state index contributed by atoms with van der Waals surface area (Å²) in [4.78, 5) is 13.8. The Hall–Kier alpha value is -1.10. The molecule has 1 aromatic carbocycles. The molecule has 5 heteroatoms. The summed E-state index contributed by atoms with van der Waals surface area (Å²) >= 11 is 6.07. The smallest absolute Gasteiger partial charge is 0.238 e. The van der Waals surface area contributed by atoms with Crippen molar-refractivity contribution in [3.8, 4) is 0 Å². The fourth-order valence-electron chi connectivity index (χ4n) is 1.74. The highest BCUT2D eigenvalue weighted by molar-refractivity contribution is 6.33. The summed E-state index contributed by atoms with van der Waals surface area (Å²) in [7, 11) is 0. The lowest BCUT2D eigenvalue weighted by molar-refractivity contribution is -0.117. The molecule has 0 aliphatic rings. The van der Waals surface area contributed by atoms with Crippen molar-refractivity contribution in [2.75, 3.05) is 25.0 Å². The number of benzene rings is 1. The van der Waals surface area contributed by atoms with Crippen LogP contribution < -0.4 is 5.32 Å². The highest BCUT2D eigenvalue weighted by Gasteiger charge is 2.14. The van der Waals surface area contributed by atoms with Gasteiger partial charge in [0.1, 0.15) is 0 Å². The van der Waals surface area contributed by atoms with Gasteiger partial charge in [0.15, 0.2) is 0 Å². The van der Waals surface area contributed by atoms with Crippen molar-refractivity contribution in [1.82, 2.24) is 4.90 Å². The molecule has 4 nitrogen and oxygen atoms in total. The number of rotatable bonds is 6. The van der Waals surface area contributed by atoms with Crippen molar-refractivity contribution < 1.29 is 9.90 Å². The third-order valence-electron chi connectivity index (χ3n) is 2.86. The molecule has 2 N–H and O–H groups in total. The normalized spacial score (nSPS) is 11.1. The second kappa shape index (κ2) is 7.48. The minimum Gasteiger partial charge on any atom is -0.395 e. The maximum Gasteiger partial charge on any atom is 0.238 e. The van der Waals surface area contributed by atoms with Crippen molar-refractivity contribution in [2.24, 2.45) is 0 Å². The number of amides is 1. The van der Waals surface area contributed by atoms with Crippen LogP contribution >= 0.6 is 11.6 Å². The number of hydrogen-bond acceptors (Lipinski definition) is 3. The first kappa shape index (κ1) is 16.0. The number of nitrogens with zero attached hydrogens (tertiary/aromatic N) is 1. The average Bonchev–Trinajstić information content (AvgIpc) is 2.32. The van der Waals surface area contributed by atoms with Gasteiger partial charge in [-0.2, -0.15) is 0 Å². The molecule has 0 saturated carbocycles. The number of hydrogen-bond donors (Lipinski definition) is 2. The summed E-state index contributed by atoms with van der Waals surface area (Å²) in [5.74, 6) is -0.132. The molecule has 1 amide bonds. The van der Waals surface area contributed by atoms with Crippen LogP contribution in [0.4, 0.5) is 5.69 Å². The second-order valence-electron chi connectivity index (χ2n) is 4.82. The zero-order chi connectivity index (χ0) is 14.4. The molecule has 1 aromatic rings. The van der Waals surface area contributed by atoms with Crippen LogP contribution in [0.3, 0.4) is 0 Å². The van der Waals surface area contributed by atoms with Crippen molar-refractivity contribution in [3.63, 3.8) is 0 Å². The van der Waals surface area contributed by atoms with E-state index in [1.807, 2.05) is 37.8 Å². The van der Waals surface area contributed by atoms with Gasteiger partial charge in [0.2, 0.25) is 5.91 Å². The quantitative estimate of drug-likeness (QED) is 0.843. The van der Waals surface area contributed by atoms with E-state index in [-0.39, 0.29) is 25.1 Å². The molecule has 0 heterocycles. The molecule has 0 fully saturated rings. The van der Waals surface area contributed by atoms with Crippen LogP contribution in [-0.4, -0.2) is 41.7 Å². The van der Waals surface area contributed by atoms with Crippen LogP contribution in [0.1, 0.15) is 19.4 Å². The lowest BCUT2D eigenvalue weighted by Gasteiger charge is -2.24. The van der Waals surface area contributed by atoms with Gasteiger partial charge in [-0.05, 0) is 38.5 Å². The molecule has 0 unspecified atom stereocenters. The lowest BCUT2D eigenvalue weighted by atomic mass is 10.2. The van der Waals surface area contributed by atoms with E-state index < -0.39 is 0 Å². The predicted molar refractivity (Wildman–Crippen MR) is 78.6 cm³/mol. The molecule has 106 valence electrons. The standard InChI is InChI=1S/C14H21ClN2O2/c1-10(2)17(6-7-18)9-14(19)16-13-5-4-11(3)8-12(13)15/h4-5,8,10,18H,6-7,9H2,1-3H3,(H,16,19). The molecule has 19 heavy (non-hydrogen) atoms. The highest BCUT2D eigenvalue weighted by atomic mass is 35.5. The van der Waals surface area contributed by atoms with Crippen molar-refractivity contribution in [2.45, 2.75) is 26.8 Å². The summed E-state index contributed by atoms with van der Waals surface area (Å²) in [6.07, 6.45) is 0. The van der Waals surface area contributed by atoms with Crippen molar-refractivity contribution in [3.05, 3.63) is 28.8 Å². The minimum absolute atomic E-state index is 0.0384. The molecule has 1 rings (SSSR count). The molecule has 0 radical (unpaired) electrons. The van der Waals surface area contributed by atoms with Crippen molar-refractivity contribution in [1.29, 1.82) is 0 Å². The Kier molecular flexibility index (Phi) is 6.28. The summed E-state index contributed by atoms with van der Waals surface area (Å²) in [6.45, 7) is 6.68. The molecule has 0 aliphatic carbocycles. The first-order valence-electron chi connectivity index (χ1n) is 6.35. The maximum atomic E-state index is 11.9. The molecule has 0 bridgehead atoms. The Labute approximate surface area is 119 Å². The molecular weight excluding hydrogens is 264 g/mol. The summed E-state index contributed by atoms with van der Waals surface area (Å²) in [5, 5.41) is 12.3. The van der Waals surface area contributed by atoms with Gasteiger partial charge in [0.25, 0.3) is 0 Å². The Balaban J connectivity index is 2.63. The number of aryl methyl sites for hydroxylation is 1. The fourth-order valence-corrected chi connectivity index (χ4v) is 2.03. The Morgan fingerprint density at radius 1 is 1.47 bits per heavy atom. The minimum atomic E-state index is -0.132. The Morgan fingerprint density at radius 3 is 2.68 bits per heavy atom. The number of aliphatic hydroxyl groups is 1. The van der Waals surface area contributed by atoms with E-state index in [1.165, 1.54) is 0 Å². The number of aliphatic hydroxyl groups excluding tert-OH is 1. The molecule has 0 atom stereocenters. The van der Waals surface area contributed by atoms with Crippen LogP contribution in [0.15, 0.2) is 18.2 Å². The first-order chi connectivity index (χ1) is 8.93. The second-order valence-corrected chi connectivity index (χ2v) is 5.23. The molecule has 0 spiro atoms. The molecular formula is C14H21ClN2O2. The number of anilines is 1. The first-order valence-corrected chi connectivity index (χ1v) is 6.72. The lowest BCUT2D eigenvalue weighted by Crippen LogP contribution is -2.39. The van der Waals surface area contributed by atoms with E-state index in [0.29, 0.717) is 17.3 Å². The largest absolute Gasteiger partial charge is 0.395 e. The SMILES string of the molecule is Cc1ccc(NC(=O)CN(CCO)C(C)C)c(Cl)c1.